The highest BCUT2D eigenvalue weighted by atomic mass is 16.6. The van der Waals surface area contributed by atoms with Gasteiger partial charge in [-0.2, -0.15) is 0 Å². The third kappa shape index (κ3) is 3.82. The summed E-state index contributed by atoms with van der Waals surface area (Å²) >= 11 is 0. The number of pyridine rings is 1. The molecule has 1 aliphatic carbocycles. The van der Waals surface area contributed by atoms with Crippen LogP contribution in [0.5, 0.6) is 17.2 Å². The van der Waals surface area contributed by atoms with Gasteiger partial charge >= 0.3 is 0 Å². The molecule has 152 valence electrons. The second-order valence-corrected chi connectivity index (χ2v) is 6.76. The largest absolute Gasteiger partial charge is 0.493 e. The Kier molecular flexibility index (Phi) is 5.34. The molecule has 0 amide bonds. The number of non-ortho nitro benzene ring substituents is 1. The van der Waals surface area contributed by atoms with Crippen molar-refractivity contribution in [1.82, 2.24) is 4.98 Å². The molecule has 4 rings (SSSR count). The molecule has 3 aromatic rings. The first-order chi connectivity index (χ1) is 14.6. The van der Waals surface area contributed by atoms with E-state index in [-0.39, 0.29) is 5.69 Å². The van der Waals surface area contributed by atoms with E-state index in [2.05, 4.69) is 4.98 Å². The number of aromatic nitrogens is 1. The molecular formula is C23H20N2O5. The SMILES string of the molecule is COc1cc2nccc(OC3=CC=C(c4ccc([N+](=O)[O-])cc4)CC3)c2cc1OC. The van der Waals surface area contributed by atoms with Gasteiger partial charge in [-0.05, 0) is 47.9 Å². The first kappa shape index (κ1) is 19.4. The smallest absolute Gasteiger partial charge is 0.269 e. The molecule has 0 aliphatic heterocycles. The standard InChI is InChI=1S/C23H20N2O5/c1-28-22-13-19-20(14-23(22)29-2)24-12-11-21(19)30-18-9-5-16(6-10-18)15-3-7-17(8-4-15)25(26)27/h3-5,7-9,11-14H,6,10H2,1-2H3. The Morgan fingerprint density at radius 2 is 1.67 bits per heavy atom. The third-order valence-electron chi connectivity index (χ3n) is 5.01. The number of methoxy groups -OCH3 is 2. The molecule has 1 heterocycles. The van der Waals surface area contributed by atoms with Crippen molar-refractivity contribution in [2.45, 2.75) is 12.8 Å². The van der Waals surface area contributed by atoms with Gasteiger partial charge in [-0.25, -0.2) is 0 Å². The van der Waals surface area contributed by atoms with E-state index in [4.69, 9.17) is 14.2 Å². The lowest BCUT2D eigenvalue weighted by atomic mass is 9.96. The van der Waals surface area contributed by atoms with Gasteiger partial charge in [0.2, 0.25) is 0 Å². The zero-order valence-corrected chi connectivity index (χ0v) is 16.6. The Bertz CT molecular complexity index is 1170. The van der Waals surface area contributed by atoms with Crippen LogP contribution in [0, 0.1) is 10.1 Å². The van der Waals surface area contributed by atoms with Gasteiger partial charge in [0.1, 0.15) is 11.5 Å². The van der Waals surface area contributed by atoms with Gasteiger partial charge in [-0.3, -0.25) is 15.1 Å². The number of fused-ring (bicyclic) bond motifs is 1. The predicted octanol–water partition coefficient (Wildman–Crippen LogP) is 5.30. The lowest BCUT2D eigenvalue weighted by Gasteiger charge is -2.17. The third-order valence-corrected chi connectivity index (χ3v) is 5.01. The van der Waals surface area contributed by atoms with Crippen LogP contribution in [0.3, 0.4) is 0 Å². The number of nitrogens with zero attached hydrogens (tertiary/aromatic N) is 2. The molecule has 7 heteroatoms. The van der Waals surface area contributed by atoms with Crippen LogP contribution in [-0.4, -0.2) is 24.1 Å². The van der Waals surface area contributed by atoms with E-state index in [1.165, 1.54) is 12.1 Å². The van der Waals surface area contributed by atoms with E-state index < -0.39 is 4.92 Å². The van der Waals surface area contributed by atoms with Gasteiger partial charge in [0, 0.05) is 36.2 Å². The molecule has 0 atom stereocenters. The van der Waals surface area contributed by atoms with Gasteiger partial charge < -0.3 is 14.2 Å². The highest BCUT2D eigenvalue weighted by Gasteiger charge is 2.15. The molecule has 0 unspecified atom stereocenters. The van der Waals surface area contributed by atoms with E-state index in [0.717, 1.165) is 40.6 Å². The van der Waals surface area contributed by atoms with Crippen molar-refractivity contribution in [1.29, 1.82) is 0 Å². The molecule has 0 fully saturated rings. The molecule has 30 heavy (non-hydrogen) atoms. The zero-order chi connectivity index (χ0) is 21.1. The zero-order valence-electron chi connectivity index (χ0n) is 16.6. The summed E-state index contributed by atoms with van der Waals surface area (Å²) in [6, 6.07) is 12.1. The van der Waals surface area contributed by atoms with Crippen molar-refractivity contribution < 1.29 is 19.1 Å². The fourth-order valence-electron chi connectivity index (χ4n) is 3.42. The number of benzene rings is 2. The van der Waals surface area contributed by atoms with Gasteiger partial charge in [0.15, 0.2) is 11.5 Å². The Hall–Kier alpha value is -3.87. The lowest BCUT2D eigenvalue weighted by molar-refractivity contribution is -0.384. The van der Waals surface area contributed by atoms with E-state index in [1.54, 1.807) is 32.5 Å². The Balaban J connectivity index is 1.59. The Morgan fingerprint density at radius 3 is 2.30 bits per heavy atom. The van der Waals surface area contributed by atoms with Crippen LogP contribution in [-0.2, 0) is 0 Å². The normalized spacial score (nSPS) is 13.4. The summed E-state index contributed by atoms with van der Waals surface area (Å²) in [5.41, 5.74) is 2.93. The maximum Gasteiger partial charge on any atom is 0.269 e. The molecule has 0 spiro atoms. The van der Waals surface area contributed by atoms with Crippen LogP contribution in [0.1, 0.15) is 18.4 Å². The van der Waals surface area contributed by atoms with E-state index in [1.807, 2.05) is 30.4 Å². The number of hydrogen-bond acceptors (Lipinski definition) is 6. The molecule has 0 N–H and O–H groups in total. The molecule has 2 aromatic carbocycles. The van der Waals surface area contributed by atoms with Crippen molar-refractivity contribution in [2.24, 2.45) is 0 Å². The fourth-order valence-corrected chi connectivity index (χ4v) is 3.42. The molecular weight excluding hydrogens is 384 g/mol. The number of nitro groups is 1. The quantitative estimate of drug-likeness (QED) is 0.409. The summed E-state index contributed by atoms with van der Waals surface area (Å²) < 4.78 is 16.9. The molecule has 0 saturated carbocycles. The first-order valence-electron chi connectivity index (χ1n) is 9.42. The molecule has 0 bridgehead atoms. The van der Waals surface area contributed by atoms with Gasteiger partial charge in [-0.1, -0.05) is 6.08 Å². The number of nitro benzene ring substituents is 1. The van der Waals surface area contributed by atoms with Gasteiger partial charge in [-0.15, -0.1) is 0 Å². The number of allylic oxidation sites excluding steroid dienone is 4. The maximum absolute atomic E-state index is 10.8. The van der Waals surface area contributed by atoms with Crippen molar-refractivity contribution in [3.05, 3.63) is 82.3 Å². The minimum Gasteiger partial charge on any atom is -0.493 e. The molecule has 1 aliphatic rings. The molecule has 0 saturated heterocycles. The highest BCUT2D eigenvalue weighted by Crippen LogP contribution is 2.37. The highest BCUT2D eigenvalue weighted by molar-refractivity contribution is 5.88. The number of rotatable bonds is 6. The van der Waals surface area contributed by atoms with E-state index >= 15 is 0 Å². The summed E-state index contributed by atoms with van der Waals surface area (Å²) in [5, 5.41) is 11.7. The summed E-state index contributed by atoms with van der Waals surface area (Å²) in [4.78, 5) is 14.8. The summed E-state index contributed by atoms with van der Waals surface area (Å²) in [5.74, 6) is 2.75. The molecule has 1 aromatic heterocycles. The van der Waals surface area contributed by atoms with Gasteiger partial charge in [0.25, 0.3) is 5.69 Å². The predicted molar refractivity (Wildman–Crippen MR) is 114 cm³/mol. The molecule has 7 nitrogen and oxygen atoms in total. The molecule has 0 radical (unpaired) electrons. The van der Waals surface area contributed by atoms with Crippen LogP contribution in [0.2, 0.25) is 0 Å². The summed E-state index contributed by atoms with van der Waals surface area (Å²) in [6.45, 7) is 0. The van der Waals surface area contributed by atoms with Crippen molar-refractivity contribution in [3.63, 3.8) is 0 Å². The lowest BCUT2D eigenvalue weighted by Crippen LogP contribution is -2.01. The monoisotopic (exact) mass is 404 g/mol. The topological polar surface area (TPSA) is 83.7 Å². The van der Waals surface area contributed by atoms with Crippen LogP contribution >= 0.6 is 0 Å². The second kappa shape index (κ2) is 8.24. The minimum atomic E-state index is -0.394. The van der Waals surface area contributed by atoms with Crippen LogP contribution in [0.25, 0.3) is 16.5 Å². The number of hydrogen-bond donors (Lipinski definition) is 0. The van der Waals surface area contributed by atoms with Crippen molar-refractivity contribution in [3.8, 4) is 17.2 Å². The van der Waals surface area contributed by atoms with Crippen molar-refractivity contribution >= 4 is 22.2 Å². The Morgan fingerprint density at radius 1 is 0.933 bits per heavy atom. The van der Waals surface area contributed by atoms with E-state index in [9.17, 15) is 10.1 Å². The average molecular weight is 404 g/mol. The second-order valence-electron chi connectivity index (χ2n) is 6.76. The average Bonchev–Trinajstić information content (AvgIpc) is 2.79. The Labute approximate surface area is 173 Å². The van der Waals surface area contributed by atoms with Crippen LogP contribution in [0.4, 0.5) is 5.69 Å². The fraction of sp³-hybridized carbons (Fsp3) is 0.174. The van der Waals surface area contributed by atoms with Crippen LogP contribution in [0.15, 0.2) is 66.6 Å². The minimum absolute atomic E-state index is 0.0892. The van der Waals surface area contributed by atoms with E-state index in [0.29, 0.717) is 17.2 Å². The summed E-state index contributed by atoms with van der Waals surface area (Å²) in [7, 11) is 3.18. The van der Waals surface area contributed by atoms with Crippen molar-refractivity contribution in [2.75, 3.05) is 14.2 Å². The van der Waals surface area contributed by atoms with Crippen LogP contribution < -0.4 is 14.2 Å². The first-order valence-corrected chi connectivity index (χ1v) is 9.42. The van der Waals surface area contributed by atoms with Gasteiger partial charge in [0.05, 0.1) is 24.7 Å². The summed E-state index contributed by atoms with van der Waals surface area (Å²) in [6.07, 6.45) is 7.13. The number of ether oxygens (including phenoxy) is 3. The maximum atomic E-state index is 10.8.